The van der Waals surface area contributed by atoms with Crippen LogP contribution in [0.1, 0.15) is 24.8 Å². The van der Waals surface area contributed by atoms with Crippen molar-refractivity contribution in [2.24, 2.45) is 5.41 Å². The van der Waals surface area contributed by atoms with Crippen molar-refractivity contribution in [1.29, 1.82) is 0 Å². The van der Waals surface area contributed by atoms with Crippen molar-refractivity contribution in [1.82, 2.24) is 14.9 Å². The third-order valence-electron chi connectivity index (χ3n) is 5.38. The second kappa shape index (κ2) is 7.50. The SMILES string of the molecule is c1cncc(OC[C@@]23CCCO[C@H]2CCN(Cc2ccncc2)C3)c1. The highest BCUT2D eigenvalue weighted by atomic mass is 16.5. The Morgan fingerprint density at radius 1 is 1.20 bits per heavy atom. The predicted molar refractivity (Wildman–Crippen MR) is 95.3 cm³/mol. The van der Waals surface area contributed by atoms with Gasteiger partial charge in [-0.3, -0.25) is 14.9 Å². The van der Waals surface area contributed by atoms with E-state index in [9.17, 15) is 0 Å². The molecular weight excluding hydrogens is 314 g/mol. The van der Waals surface area contributed by atoms with E-state index in [1.807, 2.05) is 24.5 Å². The van der Waals surface area contributed by atoms with E-state index in [0.29, 0.717) is 12.7 Å². The zero-order valence-electron chi connectivity index (χ0n) is 14.5. The minimum Gasteiger partial charge on any atom is -0.491 e. The summed E-state index contributed by atoms with van der Waals surface area (Å²) in [6.45, 7) is 4.62. The summed E-state index contributed by atoms with van der Waals surface area (Å²) in [5, 5.41) is 0. The van der Waals surface area contributed by atoms with Crippen LogP contribution in [0.3, 0.4) is 0 Å². The Balaban J connectivity index is 1.47. The number of nitrogens with zero attached hydrogens (tertiary/aromatic N) is 3. The lowest BCUT2D eigenvalue weighted by Gasteiger charge is -2.50. The van der Waals surface area contributed by atoms with E-state index in [1.54, 1.807) is 12.4 Å². The lowest BCUT2D eigenvalue weighted by Crippen LogP contribution is -2.57. The van der Waals surface area contributed by atoms with Gasteiger partial charge < -0.3 is 9.47 Å². The molecule has 4 rings (SSSR count). The Bertz CT molecular complexity index is 667. The summed E-state index contributed by atoms with van der Waals surface area (Å²) in [6.07, 6.45) is 10.9. The number of pyridine rings is 2. The maximum atomic E-state index is 6.14. The van der Waals surface area contributed by atoms with Crippen LogP contribution in [-0.2, 0) is 11.3 Å². The van der Waals surface area contributed by atoms with Crippen LogP contribution in [-0.4, -0.2) is 47.3 Å². The molecule has 2 aromatic heterocycles. The molecule has 0 N–H and O–H groups in total. The van der Waals surface area contributed by atoms with Gasteiger partial charge in [-0.25, -0.2) is 0 Å². The van der Waals surface area contributed by atoms with Crippen LogP contribution >= 0.6 is 0 Å². The van der Waals surface area contributed by atoms with Crippen LogP contribution < -0.4 is 4.74 Å². The van der Waals surface area contributed by atoms with Crippen molar-refractivity contribution in [2.75, 3.05) is 26.3 Å². The Morgan fingerprint density at radius 2 is 2.12 bits per heavy atom. The van der Waals surface area contributed by atoms with Crippen LogP contribution in [0.2, 0.25) is 0 Å². The monoisotopic (exact) mass is 339 g/mol. The Hall–Kier alpha value is -1.98. The number of piperidine rings is 1. The van der Waals surface area contributed by atoms with Gasteiger partial charge in [0.05, 0.1) is 18.9 Å². The van der Waals surface area contributed by atoms with Gasteiger partial charge in [-0.15, -0.1) is 0 Å². The van der Waals surface area contributed by atoms with E-state index in [1.165, 1.54) is 5.56 Å². The molecule has 2 atom stereocenters. The first-order chi connectivity index (χ1) is 12.3. The highest BCUT2D eigenvalue weighted by Crippen LogP contribution is 2.41. The molecule has 0 saturated carbocycles. The van der Waals surface area contributed by atoms with Crippen molar-refractivity contribution in [3.8, 4) is 5.75 Å². The first-order valence-electron chi connectivity index (χ1n) is 9.10. The van der Waals surface area contributed by atoms with Gasteiger partial charge in [-0.05, 0) is 49.1 Å². The van der Waals surface area contributed by atoms with E-state index in [0.717, 1.165) is 51.3 Å². The molecular formula is C20H25N3O2. The molecule has 0 aromatic carbocycles. The lowest BCUT2D eigenvalue weighted by molar-refractivity contribution is -0.140. The first kappa shape index (κ1) is 16.5. The molecule has 4 heterocycles. The topological polar surface area (TPSA) is 47.5 Å². The highest BCUT2D eigenvalue weighted by Gasteiger charge is 2.46. The molecule has 25 heavy (non-hydrogen) atoms. The second-order valence-corrected chi connectivity index (χ2v) is 7.16. The molecule has 0 spiro atoms. The minimum absolute atomic E-state index is 0.0688. The van der Waals surface area contributed by atoms with Gasteiger partial charge in [0.15, 0.2) is 0 Å². The van der Waals surface area contributed by atoms with Crippen molar-refractivity contribution in [2.45, 2.75) is 31.9 Å². The van der Waals surface area contributed by atoms with E-state index in [-0.39, 0.29) is 5.41 Å². The number of aromatic nitrogens is 2. The average Bonchev–Trinajstić information content (AvgIpc) is 2.68. The summed E-state index contributed by atoms with van der Waals surface area (Å²) in [5.74, 6) is 0.840. The number of hydrogen-bond acceptors (Lipinski definition) is 5. The summed E-state index contributed by atoms with van der Waals surface area (Å²) in [4.78, 5) is 10.8. The highest BCUT2D eigenvalue weighted by molar-refractivity contribution is 5.16. The molecule has 0 unspecified atom stereocenters. The van der Waals surface area contributed by atoms with Crippen molar-refractivity contribution in [3.63, 3.8) is 0 Å². The molecule has 0 bridgehead atoms. The number of rotatable bonds is 5. The standard InChI is InChI=1S/C20H25N3O2/c1-3-18(13-22-8-1)25-16-20-7-2-12-24-19(20)6-11-23(15-20)14-17-4-9-21-10-5-17/h1,3-5,8-10,13,19H,2,6-7,11-12,14-16H2/t19-,20-/m0/s1. The number of likely N-dealkylation sites (tertiary alicyclic amines) is 1. The summed E-state index contributed by atoms with van der Waals surface area (Å²) < 4.78 is 12.3. The molecule has 5 heteroatoms. The smallest absolute Gasteiger partial charge is 0.137 e. The van der Waals surface area contributed by atoms with Gasteiger partial charge in [0.1, 0.15) is 5.75 Å². The average molecular weight is 339 g/mol. The van der Waals surface area contributed by atoms with Gasteiger partial charge in [0.2, 0.25) is 0 Å². The van der Waals surface area contributed by atoms with E-state index in [4.69, 9.17) is 9.47 Å². The van der Waals surface area contributed by atoms with Crippen LogP contribution in [0.5, 0.6) is 5.75 Å². The molecule has 2 aliphatic heterocycles. The fourth-order valence-corrected chi connectivity index (χ4v) is 4.13. The van der Waals surface area contributed by atoms with Crippen molar-refractivity contribution >= 4 is 0 Å². The molecule has 0 aliphatic carbocycles. The van der Waals surface area contributed by atoms with Crippen LogP contribution in [0.25, 0.3) is 0 Å². The third kappa shape index (κ3) is 3.83. The molecule has 2 saturated heterocycles. The van der Waals surface area contributed by atoms with Gasteiger partial charge in [-0.1, -0.05) is 0 Å². The molecule has 5 nitrogen and oxygen atoms in total. The molecule has 0 amide bonds. The quantitative estimate of drug-likeness (QED) is 0.838. The Labute approximate surface area is 149 Å². The van der Waals surface area contributed by atoms with Gasteiger partial charge >= 0.3 is 0 Å². The summed E-state index contributed by atoms with van der Waals surface area (Å²) in [6, 6.07) is 8.09. The minimum atomic E-state index is 0.0688. The summed E-state index contributed by atoms with van der Waals surface area (Å²) >= 11 is 0. The zero-order valence-corrected chi connectivity index (χ0v) is 14.5. The number of ether oxygens (including phenoxy) is 2. The van der Waals surface area contributed by atoms with Gasteiger partial charge in [0.25, 0.3) is 0 Å². The maximum absolute atomic E-state index is 6.14. The van der Waals surface area contributed by atoms with Gasteiger partial charge in [-0.2, -0.15) is 0 Å². The second-order valence-electron chi connectivity index (χ2n) is 7.16. The van der Waals surface area contributed by atoms with Crippen LogP contribution in [0.15, 0.2) is 49.1 Å². The number of hydrogen-bond donors (Lipinski definition) is 0. The maximum Gasteiger partial charge on any atom is 0.137 e. The molecule has 0 radical (unpaired) electrons. The van der Waals surface area contributed by atoms with Crippen LogP contribution in [0.4, 0.5) is 0 Å². The normalized spacial score (nSPS) is 26.8. The summed E-state index contributed by atoms with van der Waals surface area (Å²) in [5.41, 5.74) is 1.38. The zero-order chi connectivity index (χ0) is 17.0. The van der Waals surface area contributed by atoms with Crippen LogP contribution in [0, 0.1) is 5.41 Å². The van der Waals surface area contributed by atoms with Crippen molar-refractivity contribution < 1.29 is 9.47 Å². The largest absolute Gasteiger partial charge is 0.491 e. The molecule has 2 fully saturated rings. The number of fused-ring (bicyclic) bond motifs is 1. The van der Waals surface area contributed by atoms with E-state index in [2.05, 4.69) is 27.0 Å². The third-order valence-corrected chi connectivity index (χ3v) is 5.38. The fraction of sp³-hybridized carbons (Fsp3) is 0.500. The molecule has 2 aromatic rings. The lowest BCUT2D eigenvalue weighted by atomic mass is 9.73. The fourth-order valence-electron chi connectivity index (χ4n) is 4.13. The first-order valence-corrected chi connectivity index (χ1v) is 9.10. The van der Waals surface area contributed by atoms with E-state index >= 15 is 0 Å². The van der Waals surface area contributed by atoms with Gasteiger partial charge in [0, 0.05) is 50.2 Å². The Kier molecular flexibility index (Phi) is 4.95. The van der Waals surface area contributed by atoms with Crippen molar-refractivity contribution in [3.05, 3.63) is 54.6 Å². The predicted octanol–water partition coefficient (Wildman–Crippen LogP) is 2.93. The molecule has 2 aliphatic rings. The summed E-state index contributed by atoms with van der Waals surface area (Å²) in [7, 11) is 0. The van der Waals surface area contributed by atoms with E-state index < -0.39 is 0 Å². The molecule has 132 valence electrons. The Morgan fingerprint density at radius 3 is 2.96 bits per heavy atom.